The molecular weight excluding hydrogens is 293 g/mol. The van der Waals surface area contributed by atoms with E-state index in [9.17, 15) is 4.39 Å². The Bertz CT molecular complexity index is 820. The summed E-state index contributed by atoms with van der Waals surface area (Å²) in [7, 11) is 1.74. The molecule has 0 radical (unpaired) electrons. The van der Waals surface area contributed by atoms with Crippen LogP contribution in [0.1, 0.15) is 5.56 Å². The van der Waals surface area contributed by atoms with E-state index in [-0.39, 0.29) is 5.82 Å². The van der Waals surface area contributed by atoms with Gasteiger partial charge in [0.2, 0.25) is 5.95 Å². The average Bonchev–Trinajstić information content (AvgIpc) is 2.58. The van der Waals surface area contributed by atoms with Crippen LogP contribution in [0.3, 0.4) is 0 Å². The quantitative estimate of drug-likeness (QED) is 0.768. The summed E-state index contributed by atoms with van der Waals surface area (Å²) >= 11 is 0. The normalized spacial score (nSPS) is 10.4. The molecule has 2 N–H and O–H groups in total. The SMILES string of the molecule is CNc1nc(Nc2ccc(C)c(F)c2)cc(-c2ccccn2)n1. The third-order valence-electron chi connectivity index (χ3n) is 3.32. The van der Waals surface area contributed by atoms with Gasteiger partial charge in [-0.2, -0.15) is 4.98 Å². The van der Waals surface area contributed by atoms with Gasteiger partial charge in [0.15, 0.2) is 0 Å². The fourth-order valence-corrected chi connectivity index (χ4v) is 2.09. The lowest BCUT2D eigenvalue weighted by molar-refractivity contribution is 0.619. The standard InChI is InChI=1S/C17H16FN5/c1-11-6-7-12(9-13(11)18)21-16-10-15(22-17(19-2)23-16)14-5-3-4-8-20-14/h3-10H,1-2H3,(H2,19,21,22,23). The largest absolute Gasteiger partial charge is 0.357 e. The van der Waals surface area contributed by atoms with Crippen LogP contribution in [0.25, 0.3) is 11.4 Å². The molecule has 0 aliphatic carbocycles. The Balaban J connectivity index is 1.97. The molecular formula is C17H16FN5. The van der Waals surface area contributed by atoms with Crippen molar-refractivity contribution in [3.8, 4) is 11.4 Å². The highest BCUT2D eigenvalue weighted by atomic mass is 19.1. The fraction of sp³-hybridized carbons (Fsp3) is 0.118. The Hall–Kier alpha value is -3.02. The molecule has 0 unspecified atom stereocenters. The molecule has 1 aromatic carbocycles. The Morgan fingerprint density at radius 2 is 1.87 bits per heavy atom. The van der Waals surface area contributed by atoms with Crippen LogP contribution in [-0.2, 0) is 0 Å². The number of nitrogens with one attached hydrogen (secondary N) is 2. The van der Waals surface area contributed by atoms with E-state index in [0.29, 0.717) is 28.7 Å². The summed E-state index contributed by atoms with van der Waals surface area (Å²) in [5, 5.41) is 6.02. The third kappa shape index (κ3) is 3.42. The van der Waals surface area contributed by atoms with E-state index in [0.717, 1.165) is 5.69 Å². The smallest absolute Gasteiger partial charge is 0.225 e. The molecule has 2 heterocycles. The number of hydrogen-bond acceptors (Lipinski definition) is 5. The molecule has 0 bridgehead atoms. The summed E-state index contributed by atoms with van der Waals surface area (Å²) in [6, 6.07) is 12.4. The molecule has 3 rings (SSSR count). The molecule has 2 aromatic heterocycles. The van der Waals surface area contributed by atoms with Crippen LogP contribution >= 0.6 is 0 Å². The van der Waals surface area contributed by atoms with Gasteiger partial charge < -0.3 is 10.6 Å². The fourth-order valence-electron chi connectivity index (χ4n) is 2.09. The summed E-state index contributed by atoms with van der Waals surface area (Å²) in [5.74, 6) is 0.763. The van der Waals surface area contributed by atoms with E-state index in [2.05, 4.69) is 25.6 Å². The van der Waals surface area contributed by atoms with Gasteiger partial charge in [-0.05, 0) is 36.8 Å². The topological polar surface area (TPSA) is 62.7 Å². The van der Waals surface area contributed by atoms with E-state index >= 15 is 0 Å². The van der Waals surface area contributed by atoms with Gasteiger partial charge in [0, 0.05) is 25.0 Å². The third-order valence-corrected chi connectivity index (χ3v) is 3.32. The number of halogens is 1. The molecule has 3 aromatic rings. The van der Waals surface area contributed by atoms with E-state index in [4.69, 9.17) is 0 Å². The maximum atomic E-state index is 13.7. The van der Waals surface area contributed by atoms with Crippen molar-refractivity contribution in [1.29, 1.82) is 0 Å². The van der Waals surface area contributed by atoms with Crippen LogP contribution in [0.2, 0.25) is 0 Å². The molecule has 0 saturated carbocycles. The molecule has 0 aliphatic rings. The number of aryl methyl sites for hydroxylation is 1. The lowest BCUT2D eigenvalue weighted by Gasteiger charge is -2.10. The lowest BCUT2D eigenvalue weighted by Crippen LogP contribution is -2.02. The van der Waals surface area contributed by atoms with Gasteiger partial charge in [0.25, 0.3) is 0 Å². The number of rotatable bonds is 4. The molecule has 6 heteroatoms. The van der Waals surface area contributed by atoms with Crippen LogP contribution in [0.15, 0.2) is 48.7 Å². The first-order valence-corrected chi connectivity index (χ1v) is 7.17. The molecule has 5 nitrogen and oxygen atoms in total. The molecule has 0 spiro atoms. The zero-order valence-electron chi connectivity index (χ0n) is 12.8. The van der Waals surface area contributed by atoms with Crippen molar-refractivity contribution in [2.75, 3.05) is 17.7 Å². The van der Waals surface area contributed by atoms with Crippen molar-refractivity contribution >= 4 is 17.5 Å². The van der Waals surface area contributed by atoms with Crippen LogP contribution in [-0.4, -0.2) is 22.0 Å². The van der Waals surface area contributed by atoms with Gasteiger partial charge in [-0.15, -0.1) is 0 Å². The van der Waals surface area contributed by atoms with Crippen molar-refractivity contribution in [2.45, 2.75) is 6.92 Å². The van der Waals surface area contributed by atoms with E-state index in [1.165, 1.54) is 6.07 Å². The Kier molecular flexibility index (Phi) is 4.14. The number of pyridine rings is 1. The Morgan fingerprint density at radius 1 is 1.00 bits per heavy atom. The minimum atomic E-state index is -0.261. The Labute approximate surface area is 133 Å². The second-order valence-electron chi connectivity index (χ2n) is 5.02. The van der Waals surface area contributed by atoms with Gasteiger partial charge >= 0.3 is 0 Å². The van der Waals surface area contributed by atoms with E-state index in [1.807, 2.05) is 18.2 Å². The van der Waals surface area contributed by atoms with Crippen LogP contribution in [0.5, 0.6) is 0 Å². The van der Waals surface area contributed by atoms with Crippen LogP contribution in [0.4, 0.5) is 21.8 Å². The summed E-state index contributed by atoms with van der Waals surface area (Å²) in [6.45, 7) is 1.72. The van der Waals surface area contributed by atoms with Crippen LogP contribution < -0.4 is 10.6 Å². The highest BCUT2D eigenvalue weighted by Crippen LogP contribution is 2.23. The minimum absolute atomic E-state index is 0.261. The van der Waals surface area contributed by atoms with Gasteiger partial charge in [-0.25, -0.2) is 9.37 Å². The first-order valence-electron chi connectivity index (χ1n) is 7.17. The van der Waals surface area contributed by atoms with Gasteiger partial charge in [-0.3, -0.25) is 4.98 Å². The molecule has 0 fully saturated rings. The Morgan fingerprint density at radius 3 is 2.57 bits per heavy atom. The van der Waals surface area contributed by atoms with E-state index in [1.54, 1.807) is 38.4 Å². The van der Waals surface area contributed by atoms with Crippen molar-refractivity contribution in [3.05, 3.63) is 60.0 Å². The predicted molar refractivity (Wildman–Crippen MR) is 89.2 cm³/mol. The van der Waals surface area contributed by atoms with Gasteiger partial charge in [-0.1, -0.05) is 12.1 Å². The van der Waals surface area contributed by atoms with Gasteiger partial charge in [0.05, 0.1) is 11.4 Å². The minimum Gasteiger partial charge on any atom is -0.357 e. The van der Waals surface area contributed by atoms with Crippen molar-refractivity contribution in [2.24, 2.45) is 0 Å². The molecule has 23 heavy (non-hydrogen) atoms. The summed E-state index contributed by atoms with van der Waals surface area (Å²) in [5.41, 5.74) is 2.65. The molecule has 0 saturated heterocycles. The maximum absolute atomic E-state index is 13.7. The molecule has 0 amide bonds. The molecule has 116 valence electrons. The first-order chi connectivity index (χ1) is 11.2. The highest BCUT2D eigenvalue weighted by molar-refractivity contribution is 5.65. The zero-order chi connectivity index (χ0) is 16.2. The zero-order valence-corrected chi connectivity index (χ0v) is 12.8. The highest BCUT2D eigenvalue weighted by Gasteiger charge is 2.08. The average molecular weight is 309 g/mol. The van der Waals surface area contributed by atoms with Gasteiger partial charge in [0.1, 0.15) is 11.6 Å². The van der Waals surface area contributed by atoms with Crippen molar-refractivity contribution in [3.63, 3.8) is 0 Å². The van der Waals surface area contributed by atoms with E-state index < -0.39 is 0 Å². The number of aromatic nitrogens is 3. The first kappa shape index (κ1) is 14.9. The lowest BCUT2D eigenvalue weighted by atomic mass is 10.2. The number of benzene rings is 1. The van der Waals surface area contributed by atoms with Crippen molar-refractivity contribution in [1.82, 2.24) is 15.0 Å². The predicted octanol–water partition coefficient (Wildman–Crippen LogP) is 3.77. The second kappa shape index (κ2) is 6.39. The number of hydrogen-bond donors (Lipinski definition) is 2. The molecule has 0 atom stereocenters. The summed E-state index contributed by atoms with van der Waals surface area (Å²) < 4.78 is 13.7. The number of nitrogens with zero attached hydrogens (tertiary/aromatic N) is 3. The molecule has 0 aliphatic heterocycles. The summed E-state index contributed by atoms with van der Waals surface area (Å²) in [6.07, 6.45) is 1.71. The summed E-state index contributed by atoms with van der Waals surface area (Å²) in [4.78, 5) is 13.0. The second-order valence-corrected chi connectivity index (χ2v) is 5.02. The monoisotopic (exact) mass is 309 g/mol. The van der Waals surface area contributed by atoms with Crippen molar-refractivity contribution < 1.29 is 4.39 Å². The maximum Gasteiger partial charge on any atom is 0.225 e. The number of anilines is 3. The van der Waals surface area contributed by atoms with Crippen LogP contribution in [0, 0.1) is 12.7 Å².